The quantitative estimate of drug-likeness (QED) is 0.424. The normalized spacial score (nSPS) is 11.9. The molecule has 2 aromatic heterocycles. The molecule has 1 aromatic carbocycles. The van der Waals surface area contributed by atoms with Gasteiger partial charge < -0.3 is 29.8 Å². The van der Waals surface area contributed by atoms with Gasteiger partial charge in [-0.3, -0.25) is 0 Å². The maximum absolute atomic E-state index is 9.09. The molecular formula is C23H28N4O4. The molecule has 0 spiro atoms. The Morgan fingerprint density at radius 2 is 1.97 bits per heavy atom. The summed E-state index contributed by atoms with van der Waals surface area (Å²) in [5.41, 5.74) is 7.39. The van der Waals surface area contributed by atoms with Crippen molar-refractivity contribution in [3.63, 3.8) is 0 Å². The lowest BCUT2D eigenvalue weighted by molar-refractivity contribution is 0.106. The van der Waals surface area contributed by atoms with Gasteiger partial charge in [-0.15, -0.1) is 0 Å². The largest absolute Gasteiger partial charge is 0.493 e. The summed E-state index contributed by atoms with van der Waals surface area (Å²) >= 11 is 0. The van der Waals surface area contributed by atoms with Crippen molar-refractivity contribution in [1.29, 1.82) is 0 Å². The predicted molar refractivity (Wildman–Crippen MR) is 115 cm³/mol. The van der Waals surface area contributed by atoms with Crippen LogP contribution in [0.2, 0.25) is 0 Å². The molecule has 164 valence electrons. The Hall–Kier alpha value is -3.12. The van der Waals surface area contributed by atoms with Crippen molar-refractivity contribution in [3.05, 3.63) is 65.6 Å². The number of aliphatic hydroxyl groups is 2. The van der Waals surface area contributed by atoms with Crippen LogP contribution in [-0.2, 0) is 6.42 Å². The standard InChI is InChI=1S/C23H28N4O4/c1-2-23-25-11-12-27(23)22(9-10-24)21-13-20(31-26-21)8-5-17-3-6-19(7-4-17)30-16-18(14-28)15-29/h3-4,6-7,11-13,18,22,28-29H,2,9-10,14-16,24H2,1H3. The molecule has 0 radical (unpaired) electrons. The third-order valence-electron chi connectivity index (χ3n) is 4.90. The Balaban J connectivity index is 1.68. The maximum atomic E-state index is 9.09. The molecule has 0 fully saturated rings. The maximum Gasteiger partial charge on any atom is 0.210 e. The highest BCUT2D eigenvalue weighted by Gasteiger charge is 2.19. The van der Waals surface area contributed by atoms with Gasteiger partial charge in [0.05, 0.1) is 25.9 Å². The van der Waals surface area contributed by atoms with E-state index in [1.54, 1.807) is 18.3 Å². The van der Waals surface area contributed by atoms with E-state index in [0.717, 1.165) is 29.9 Å². The van der Waals surface area contributed by atoms with Gasteiger partial charge in [0.25, 0.3) is 0 Å². The molecule has 0 aliphatic rings. The van der Waals surface area contributed by atoms with E-state index in [1.165, 1.54) is 0 Å². The topological polar surface area (TPSA) is 120 Å². The molecule has 0 saturated heterocycles. The van der Waals surface area contributed by atoms with E-state index in [0.29, 0.717) is 18.1 Å². The van der Waals surface area contributed by atoms with Crippen LogP contribution in [0.4, 0.5) is 0 Å². The highest BCUT2D eigenvalue weighted by Crippen LogP contribution is 2.23. The van der Waals surface area contributed by atoms with Crippen molar-refractivity contribution in [3.8, 4) is 17.6 Å². The molecule has 3 rings (SSSR count). The molecule has 1 atom stereocenters. The van der Waals surface area contributed by atoms with Crippen LogP contribution in [0.1, 0.15) is 42.2 Å². The minimum atomic E-state index is -0.293. The third-order valence-corrected chi connectivity index (χ3v) is 4.90. The smallest absolute Gasteiger partial charge is 0.210 e. The highest BCUT2D eigenvalue weighted by molar-refractivity contribution is 5.42. The Morgan fingerprint density at radius 1 is 1.19 bits per heavy atom. The Labute approximate surface area is 181 Å². The number of hydrogen-bond donors (Lipinski definition) is 3. The molecule has 2 heterocycles. The van der Waals surface area contributed by atoms with E-state index in [9.17, 15) is 0 Å². The second-order valence-corrected chi connectivity index (χ2v) is 7.13. The van der Waals surface area contributed by atoms with Crippen molar-refractivity contribution >= 4 is 0 Å². The number of aliphatic hydroxyl groups excluding tert-OH is 2. The van der Waals surface area contributed by atoms with Crippen LogP contribution in [0.3, 0.4) is 0 Å². The molecule has 0 aliphatic carbocycles. The van der Waals surface area contributed by atoms with Gasteiger partial charge >= 0.3 is 0 Å². The molecule has 8 nitrogen and oxygen atoms in total. The number of aryl methyl sites for hydroxylation is 1. The van der Waals surface area contributed by atoms with E-state index in [4.69, 9.17) is 25.2 Å². The fourth-order valence-corrected chi connectivity index (χ4v) is 3.14. The van der Waals surface area contributed by atoms with Crippen LogP contribution in [-0.4, -0.2) is 51.3 Å². The summed E-state index contributed by atoms with van der Waals surface area (Å²) in [6, 6.07) is 9.06. The van der Waals surface area contributed by atoms with Gasteiger partial charge in [0.1, 0.15) is 17.3 Å². The lowest BCUT2D eigenvalue weighted by Gasteiger charge is -2.17. The molecule has 0 bridgehead atoms. The minimum Gasteiger partial charge on any atom is -0.493 e. The highest BCUT2D eigenvalue weighted by atomic mass is 16.5. The van der Waals surface area contributed by atoms with Gasteiger partial charge in [0.15, 0.2) is 0 Å². The Bertz CT molecular complexity index is 997. The average Bonchev–Trinajstić information content (AvgIpc) is 3.47. The minimum absolute atomic E-state index is 0.0418. The number of hydrogen-bond acceptors (Lipinski definition) is 7. The number of aromatic nitrogens is 3. The number of nitrogens with zero attached hydrogens (tertiary/aromatic N) is 3. The third kappa shape index (κ3) is 5.95. The van der Waals surface area contributed by atoms with E-state index in [-0.39, 0.29) is 31.8 Å². The zero-order valence-electron chi connectivity index (χ0n) is 17.6. The fourth-order valence-electron chi connectivity index (χ4n) is 3.14. The molecule has 8 heteroatoms. The van der Waals surface area contributed by atoms with Gasteiger partial charge in [-0.05, 0) is 43.2 Å². The van der Waals surface area contributed by atoms with Crippen LogP contribution in [0.5, 0.6) is 5.75 Å². The summed E-state index contributed by atoms with van der Waals surface area (Å²) in [5.74, 6) is 7.86. The van der Waals surface area contributed by atoms with Crippen molar-refractivity contribution in [1.82, 2.24) is 14.7 Å². The van der Waals surface area contributed by atoms with Gasteiger partial charge in [-0.1, -0.05) is 18.0 Å². The number of rotatable bonds is 10. The monoisotopic (exact) mass is 424 g/mol. The molecule has 0 saturated carbocycles. The molecule has 0 amide bonds. The molecule has 1 unspecified atom stereocenters. The summed E-state index contributed by atoms with van der Waals surface area (Å²) in [6.07, 6.45) is 5.26. The number of benzene rings is 1. The van der Waals surface area contributed by atoms with Crippen molar-refractivity contribution < 1.29 is 19.5 Å². The lowest BCUT2D eigenvalue weighted by Crippen LogP contribution is -2.19. The first kappa shape index (κ1) is 22.6. The van der Waals surface area contributed by atoms with Crippen molar-refractivity contribution in [2.45, 2.75) is 25.8 Å². The average molecular weight is 425 g/mol. The van der Waals surface area contributed by atoms with Crippen LogP contribution in [0, 0.1) is 17.8 Å². The zero-order valence-corrected chi connectivity index (χ0v) is 17.6. The van der Waals surface area contributed by atoms with E-state index >= 15 is 0 Å². The van der Waals surface area contributed by atoms with Crippen LogP contribution in [0.15, 0.2) is 47.2 Å². The van der Waals surface area contributed by atoms with Crippen LogP contribution in [0.25, 0.3) is 0 Å². The molecule has 0 aliphatic heterocycles. The summed E-state index contributed by atoms with van der Waals surface area (Å²) in [6.45, 7) is 2.59. The van der Waals surface area contributed by atoms with Gasteiger partial charge in [0.2, 0.25) is 5.76 Å². The first-order valence-electron chi connectivity index (χ1n) is 10.3. The summed E-state index contributed by atoms with van der Waals surface area (Å²) in [4.78, 5) is 4.39. The van der Waals surface area contributed by atoms with E-state index in [2.05, 4.69) is 33.5 Å². The second-order valence-electron chi connectivity index (χ2n) is 7.13. The zero-order chi connectivity index (χ0) is 22.1. The van der Waals surface area contributed by atoms with E-state index < -0.39 is 0 Å². The first-order valence-corrected chi connectivity index (χ1v) is 10.3. The predicted octanol–water partition coefficient (Wildman–Crippen LogP) is 1.75. The lowest BCUT2D eigenvalue weighted by atomic mass is 10.1. The second kappa shape index (κ2) is 11.3. The summed E-state index contributed by atoms with van der Waals surface area (Å²) in [7, 11) is 0. The Kier molecular flexibility index (Phi) is 8.24. The molecular weight excluding hydrogens is 396 g/mol. The van der Waals surface area contributed by atoms with Gasteiger partial charge in [-0.2, -0.15) is 0 Å². The molecule has 3 aromatic rings. The SMILES string of the molecule is CCc1nccn1C(CCN)c1cc(C#Cc2ccc(OCC(CO)CO)cc2)on1. The summed E-state index contributed by atoms with van der Waals surface area (Å²) in [5, 5.41) is 22.4. The fraction of sp³-hybridized carbons (Fsp3) is 0.391. The van der Waals surface area contributed by atoms with Gasteiger partial charge in [0, 0.05) is 36.4 Å². The summed E-state index contributed by atoms with van der Waals surface area (Å²) < 4.78 is 13.1. The Morgan fingerprint density at radius 3 is 2.65 bits per heavy atom. The number of imidazole rings is 1. The molecule has 4 N–H and O–H groups in total. The number of ether oxygens (including phenoxy) is 1. The van der Waals surface area contributed by atoms with Crippen molar-refractivity contribution in [2.24, 2.45) is 11.7 Å². The van der Waals surface area contributed by atoms with Crippen LogP contribution < -0.4 is 10.5 Å². The number of nitrogens with two attached hydrogens (primary N) is 1. The van der Waals surface area contributed by atoms with Crippen LogP contribution >= 0.6 is 0 Å². The van der Waals surface area contributed by atoms with E-state index in [1.807, 2.05) is 24.4 Å². The first-order chi connectivity index (χ1) is 15.2. The van der Waals surface area contributed by atoms with Crippen molar-refractivity contribution in [2.75, 3.05) is 26.4 Å². The van der Waals surface area contributed by atoms with Gasteiger partial charge in [-0.25, -0.2) is 4.98 Å². The molecule has 31 heavy (non-hydrogen) atoms.